The molecule has 0 amide bonds. The van der Waals surface area contributed by atoms with Gasteiger partial charge in [-0.15, -0.1) is 10.2 Å². The summed E-state index contributed by atoms with van der Waals surface area (Å²) < 4.78 is 5.59. The number of aryl methyl sites for hydroxylation is 1. The quantitative estimate of drug-likeness (QED) is 0.267. The Morgan fingerprint density at radius 2 is 1.77 bits per heavy atom. The van der Waals surface area contributed by atoms with E-state index >= 15 is 0 Å². The lowest BCUT2D eigenvalue weighted by Crippen LogP contribution is -2.39. The van der Waals surface area contributed by atoms with Crippen molar-refractivity contribution in [1.82, 2.24) is 15.2 Å². The molecule has 2 aromatic heterocycles. The highest BCUT2D eigenvalue weighted by Gasteiger charge is 2.30. The fourth-order valence-electron chi connectivity index (χ4n) is 6.39. The molecule has 1 unspecified atom stereocenters. The van der Waals surface area contributed by atoms with E-state index in [1.807, 2.05) is 31.3 Å². The number of benzene rings is 2. The number of nitrogens with one attached hydrogen (secondary N) is 1. The molecule has 2 aromatic carbocycles. The molecule has 1 saturated carbocycles. The standard InChI is InChI=1S/C32H37N5O2/c1-22-35-36-32(39-22)24-11-13-28(14-12-24)37-17-5-6-23(21-37)18-27-7-2-3-10-30(27)34-31-20-26(15-16-33-31)25-8-4-9-29(38)19-25/h4,8-9,11-16,19-20,23,27,30,38H,2-3,5-7,10,17-18,21H2,1H3,(H,33,34)/t23?,27-,30+/m0/s1. The molecule has 0 radical (unpaired) electrons. The molecule has 1 saturated heterocycles. The van der Waals surface area contributed by atoms with Crippen LogP contribution in [0.25, 0.3) is 22.6 Å². The second kappa shape index (κ2) is 11.5. The van der Waals surface area contributed by atoms with Crippen molar-refractivity contribution >= 4 is 11.5 Å². The van der Waals surface area contributed by atoms with Gasteiger partial charge in [0.2, 0.25) is 11.8 Å². The summed E-state index contributed by atoms with van der Waals surface area (Å²) >= 11 is 0. The smallest absolute Gasteiger partial charge is 0.247 e. The van der Waals surface area contributed by atoms with Crippen LogP contribution in [0.2, 0.25) is 0 Å². The fraction of sp³-hybridized carbons (Fsp3) is 0.406. The summed E-state index contributed by atoms with van der Waals surface area (Å²) in [5.41, 5.74) is 4.30. The van der Waals surface area contributed by atoms with Gasteiger partial charge in [0, 0.05) is 43.5 Å². The summed E-state index contributed by atoms with van der Waals surface area (Å²) in [5.74, 6) is 3.71. The highest BCUT2D eigenvalue weighted by Crippen LogP contribution is 2.36. The van der Waals surface area contributed by atoms with Gasteiger partial charge in [-0.1, -0.05) is 25.0 Å². The minimum Gasteiger partial charge on any atom is -0.508 e. The lowest BCUT2D eigenvalue weighted by Gasteiger charge is -2.39. The number of phenols is 1. The van der Waals surface area contributed by atoms with Gasteiger partial charge in [0.05, 0.1) is 0 Å². The number of hydrogen-bond donors (Lipinski definition) is 2. The number of nitrogens with zero attached hydrogens (tertiary/aromatic N) is 4. The molecule has 0 spiro atoms. The van der Waals surface area contributed by atoms with E-state index in [1.54, 1.807) is 12.1 Å². The van der Waals surface area contributed by atoms with E-state index in [4.69, 9.17) is 4.42 Å². The molecule has 2 N–H and O–H groups in total. The van der Waals surface area contributed by atoms with Crippen LogP contribution in [0, 0.1) is 18.8 Å². The summed E-state index contributed by atoms with van der Waals surface area (Å²) in [7, 11) is 0. The third-order valence-electron chi connectivity index (χ3n) is 8.34. The van der Waals surface area contributed by atoms with Gasteiger partial charge in [0.15, 0.2) is 0 Å². The molecule has 2 aliphatic rings. The minimum atomic E-state index is 0.283. The number of aromatic nitrogens is 3. The lowest BCUT2D eigenvalue weighted by atomic mass is 9.77. The van der Waals surface area contributed by atoms with Crippen molar-refractivity contribution in [1.29, 1.82) is 0 Å². The van der Waals surface area contributed by atoms with Gasteiger partial charge in [-0.05, 0) is 104 Å². The molecular weight excluding hydrogens is 486 g/mol. The number of anilines is 2. The van der Waals surface area contributed by atoms with Crippen LogP contribution in [-0.2, 0) is 0 Å². The van der Waals surface area contributed by atoms with Crippen LogP contribution in [0.15, 0.2) is 71.3 Å². The second-order valence-corrected chi connectivity index (χ2v) is 11.1. The highest BCUT2D eigenvalue weighted by molar-refractivity contribution is 5.67. The highest BCUT2D eigenvalue weighted by atomic mass is 16.4. The average Bonchev–Trinajstić information content (AvgIpc) is 3.41. The van der Waals surface area contributed by atoms with Crippen molar-refractivity contribution < 1.29 is 9.52 Å². The summed E-state index contributed by atoms with van der Waals surface area (Å²) in [5, 5.41) is 21.8. The fourth-order valence-corrected chi connectivity index (χ4v) is 6.39. The summed E-state index contributed by atoms with van der Waals surface area (Å²) in [6, 6.07) is 20.5. The van der Waals surface area contributed by atoms with E-state index in [-0.39, 0.29) is 5.75 Å². The molecule has 202 valence electrons. The van der Waals surface area contributed by atoms with Crippen molar-refractivity contribution in [2.24, 2.45) is 11.8 Å². The molecule has 4 aromatic rings. The number of piperidine rings is 1. The van der Waals surface area contributed by atoms with Gasteiger partial charge in [0.25, 0.3) is 0 Å². The predicted octanol–water partition coefficient (Wildman–Crippen LogP) is 7.09. The Morgan fingerprint density at radius 1 is 0.923 bits per heavy atom. The number of phenolic OH excluding ortho intramolecular Hbond substituents is 1. The van der Waals surface area contributed by atoms with E-state index in [0.29, 0.717) is 29.7 Å². The first-order valence-electron chi connectivity index (χ1n) is 14.3. The molecule has 1 aliphatic carbocycles. The Kier molecular flexibility index (Phi) is 7.48. The first-order valence-corrected chi connectivity index (χ1v) is 14.3. The van der Waals surface area contributed by atoms with Crippen molar-refractivity contribution in [2.45, 2.75) is 57.9 Å². The molecule has 3 heterocycles. The first-order chi connectivity index (χ1) is 19.1. The molecule has 7 nitrogen and oxygen atoms in total. The Morgan fingerprint density at radius 3 is 2.59 bits per heavy atom. The van der Waals surface area contributed by atoms with Gasteiger partial charge >= 0.3 is 0 Å². The van der Waals surface area contributed by atoms with Crippen molar-refractivity contribution in [2.75, 3.05) is 23.3 Å². The Hall–Kier alpha value is -3.87. The van der Waals surface area contributed by atoms with Gasteiger partial charge in [-0.3, -0.25) is 0 Å². The van der Waals surface area contributed by atoms with E-state index in [0.717, 1.165) is 35.6 Å². The third kappa shape index (κ3) is 6.08. The largest absolute Gasteiger partial charge is 0.508 e. The molecule has 39 heavy (non-hydrogen) atoms. The van der Waals surface area contributed by atoms with E-state index in [9.17, 15) is 5.11 Å². The summed E-state index contributed by atoms with van der Waals surface area (Å²) in [6.07, 6.45) is 10.7. The zero-order chi connectivity index (χ0) is 26.6. The summed E-state index contributed by atoms with van der Waals surface area (Å²) in [4.78, 5) is 7.19. The zero-order valence-corrected chi connectivity index (χ0v) is 22.6. The topological polar surface area (TPSA) is 87.3 Å². The van der Waals surface area contributed by atoms with Crippen LogP contribution in [0.4, 0.5) is 11.5 Å². The van der Waals surface area contributed by atoms with Crippen LogP contribution in [0.3, 0.4) is 0 Å². The molecular formula is C32H37N5O2. The van der Waals surface area contributed by atoms with Gasteiger partial charge in [0.1, 0.15) is 11.6 Å². The predicted molar refractivity (Wildman–Crippen MR) is 155 cm³/mol. The van der Waals surface area contributed by atoms with E-state index < -0.39 is 0 Å². The summed E-state index contributed by atoms with van der Waals surface area (Å²) in [6.45, 7) is 4.02. The molecule has 3 atom stereocenters. The van der Waals surface area contributed by atoms with Crippen LogP contribution in [0.5, 0.6) is 5.75 Å². The zero-order valence-electron chi connectivity index (χ0n) is 22.6. The maximum Gasteiger partial charge on any atom is 0.247 e. The average molecular weight is 524 g/mol. The number of hydrogen-bond acceptors (Lipinski definition) is 7. The molecule has 2 fully saturated rings. The number of pyridine rings is 1. The second-order valence-electron chi connectivity index (χ2n) is 11.1. The molecule has 1 aliphatic heterocycles. The Bertz CT molecular complexity index is 1390. The van der Waals surface area contributed by atoms with Crippen molar-refractivity contribution in [3.63, 3.8) is 0 Å². The molecule has 6 rings (SSSR count). The monoisotopic (exact) mass is 523 g/mol. The minimum absolute atomic E-state index is 0.283. The number of rotatable bonds is 7. The maximum absolute atomic E-state index is 9.90. The third-order valence-corrected chi connectivity index (χ3v) is 8.34. The van der Waals surface area contributed by atoms with Gasteiger partial charge in [-0.25, -0.2) is 4.98 Å². The SMILES string of the molecule is Cc1nnc(-c2ccc(N3CCCC(C[C@@H]4CCCC[C@H]4Nc4cc(-c5cccc(O)c5)ccn4)C3)cc2)o1. The maximum atomic E-state index is 9.90. The van der Waals surface area contributed by atoms with Crippen molar-refractivity contribution in [3.05, 3.63) is 72.8 Å². The van der Waals surface area contributed by atoms with Crippen LogP contribution in [-0.4, -0.2) is 39.4 Å². The Labute approximate surface area is 230 Å². The molecule has 7 heteroatoms. The van der Waals surface area contributed by atoms with Crippen molar-refractivity contribution in [3.8, 4) is 28.3 Å². The van der Waals surface area contributed by atoms with E-state index in [2.05, 4.69) is 55.7 Å². The van der Waals surface area contributed by atoms with E-state index in [1.165, 1.54) is 50.6 Å². The van der Waals surface area contributed by atoms with Gasteiger partial charge in [-0.2, -0.15) is 0 Å². The van der Waals surface area contributed by atoms with Crippen LogP contribution in [0.1, 0.15) is 50.8 Å². The molecule has 0 bridgehead atoms. The normalized spacial score (nSPS) is 21.6. The van der Waals surface area contributed by atoms with Crippen LogP contribution >= 0.6 is 0 Å². The first kappa shape index (κ1) is 25.4. The Balaban J connectivity index is 1.10. The van der Waals surface area contributed by atoms with Gasteiger partial charge < -0.3 is 19.7 Å². The lowest BCUT2D eigenvalue weighted by molar-refractivity contribution is 0.247. The number of aromatic hydroxyl groups is 1. The van der Waals surface area contributed by atoms with Crippen LogP contribution < -0.4 is 10.2 Å².